The van der Waals surface area contributed by atoms with Crippen LogP contribution in [0, 0.1) is 13.8 Å². The van der Waals surface area contributed by atoms with Crippen molar-refractivity contribution >= 4 is 33.8 Å². The normalized spacial score (nSPS) is 11.1. The van der Waals surface area contributed by atoms with Crippen molar-refractivity contribution in [2.45, 2.75) is 18.2 Å². The van der Waals surface area contributed by atoms with E-state index in [1.54, 1.807) is 6.92 Å². The van der Waals surface area contributed by atoms with E-state index in [0.29, 0.717) is 0 Å². The summed E-state index contributed by atoms with van der Waals surface area (Å²) in [6.45, 7) is 4.14. The smallest absolute Gasteiger partial charge is 0.267 e. The Kier molecular flexibility index (Phi) is 5.68. The number of hydrogen-bond donors (Lipinski definition) is 2. The quantitative estimate of drug-likeness (QED) is 0.831. The van der Waals surface area contributed by atoms with Crippen molar-refractivity contribution in [1.29, 1.82) is 0 Å². The van der Waals surface area contributed by atoms with Gasteiger partial charge in [0.05, 0.1) is 5.69 Å². The largest absolute Gasteiger partial charge is 0.329 e. The van der Waals surface area contributed by atoms with Crippen LogP contribution in [-0.4, -0.2) is 26.5 Å². The first-order valence-corrected chi connectivity index (χ1v) is 6.41. The van der Waals surface area contributed by atoms with Gasteiger partial charge in [0.2, 0.25) is 4.34 Å². The van der Waals surface area contributed by atoms with Gasteiger partial charge in [-0.05, 0) is 13.8 Å². The van der Waals surface area contributed by atoms with E-state index in [1.165, 1.54) is 11.3 Å². The average molecular weight is 272 g/mol. The summed E-state index contributed by atoms with van der Waals surface area (Å²) in [6, 6.07) is 0. The predicted molar refractivity (Wildman–Crippen MR) is 63.1 cm³/mol. The molecule has 0 saturated heterocycles. The molecule has 1 aromatic heterocycles. The molecule has 0 aliphatic rings. The summed E-state index contributed by atoms with van der Waals surface area (Å²) in [5.74, 6) is 0. The maximum Gasteiger partial charge on any atom is 0.267 e. The fourth-order valence-corrected chi connectivity index (χ4v) is 3.21. The molecule has 0 unspecified atom stereocenters. The number of aromatic nitrogens is 1. The first kappa shape index (κ1) is 14.8. The van der Waals surface area contributed by atoms with Crippen LogP contribution >= 0.6 is 23.7 Å². The van der Waals surface area contributed by atoms with E-state index in [0.717, 1.165) is 10.6 Å². The average Bonchev–Trinajstić information content (AvgIpc) is 2.45. The topological polar surface area (TPSA) is 85.1 Å². The van der Waals surface area contributed by atoms with Crippen LogP contribution in [0.2, 0.25) is 0 Å². The summed E-state index contributed by atoms with van der Waals surface area (Å²) in [7, 11) is -3.45. The Balaban J connectivity index is 0.00000196. The second-order valence-corrected chi connectivity index (χ2v) is 5.95. The second kappa shape index (κ2) is 5.76. The summed E-state index contributed by atoms with van der Waals surface area (Å²) in [6.07, 6.45) is 0. The minimum Gasteiger partial charge on any atom is -0.329 e. The SMILES string of the molecule is Cc1nc(S(=O)(=O)NCCN)sc1C.Cl. The van der Waals surface area contributed by atoms with Crippen LogP contribution in [0.15, 0.2) is 4.34 Å². The molecule has 88 valence electrons. The Bertz CT molecular complexity index is 396. The highest BCUT2D eigenvalue weighted by Crippen LogP contribution is 2.20. The molecule has 0 fully saturated rings. The maximum absolute atomic E-state index is 11.5. The molecule has 0 aliphatic carbocycles. The molecule has 0 aliphatic heterocycles. The van der Waals surface area contributed by atoms with Crippen LogP contribution in [0.3, 0.4) is 0 Å². The Morgan fingerprint density at radius 2 is 2.07 bits per heavy atom. The van der Waals surface area contributed by atoms with Gasteiger partial charge in [0, 0.05) is 18.0 Å². The number of thiazole rings is 1. The third-order valence-electron chi connectivity index (χ3n) is 1.68. The maximum atomic E-state index is 11.5. The van der Waals surface area contributed by atoms with Crippen LogP contribution in [0.1, 0.15) is 10.6 Å². The highest BCUT2D eigenvalue weighted by atomic mass is 35.5. The minimum atomic E-state index is -3.45. The summed E-state index contributed by atoms with van der Waals surface area (Å²) in [5.41, 5.74) is 5.96. The van der Waals surface area contributed by atoms with E-state index in [-0.39, 0.29) is 29.8 Å². The lowest BCUT2D eigenvalue weighted by Gasteiger charge is -2.00. The number of aryl methyl sites for hydroxylation is 2. The van der Waals surface area contributed by atoms with Gasteiger partial charge < -0.3 is 5.73 Å². The van der Waals surface area contributed by atoms with Crippen LogP contribution in [0.4, 0.5) is 0 Å². The van der Waals surface area contributed by atoms with Gasteiger partial charge in [0.25, 0.3) is 10.0 Å². The zero-order valence-electron chi connectivity index (χ0n) is 8.48. The summed E-state index contributed by atoms with van der Waals surface area (Å²) in [5, 5.41) is 0. The van der Waals surface area contributed by atoms with Gasteiger partial charge >= 0.3 is 0 Å². The van der Waals surface area contributed by atoms with Crippen LogP contribution in [0.5, 0.6) is 0 Å². The molecule has 0 aromatic carbocycles. The van der Waals surface area contributed by atoms with Crippen molar-refractivity contribution in [3.8, 4) is 0 Å². The van der Waals surface area contributed by atoms with Crippen molar-refractivity contribution in [2.24, 2.45) is 5.73 Å². The van der Waals surface area contributed by atoms with E-state index in [9.17, 15) is 8.42 Å². The zero-order valence-corrected chi connectivity index (χ0v) is 10.9. The number of hydrogen-bond acceptors (Lipinski definition) is 5. The molecule has 0 saturated carbocycles. The molecular weight excluding hydrogens is 258 g/mol. The van der Waals surface area contributed by atoms with Gasteiger partial charge in [-0.1, -0.05) is 0 Å². The lowest BCUT2D eigenvalue weighted by Crippen LogP contribution is -2.29. The third kappa shape index (κ3) is 3.69. The first-order chi connectivity index (χ1) is 6.47. The van der Waals surface area contributed by atoms with Crippen molar-refractivity contribution in [3.63, 3.8) is 0 Å². The van der Waals surface area contributed by atoms with Gasteiger partial charge in [0.1, 0.15) is 0 Å². The molecule has 0 spiro atoms. The van der Waals surface area contributed by atoms with E-state index in [1.807, 2.05) is 6.92 Å². The first-order valence-electron chi connectivity index (χ1n) is 4.11. The van der Waals surface area contributed by atoms with Crippen LogP contribution < -0.4 is 10.5 Å². The van der Waals surface area contributed by atoms with Gasteiger partial charge in [-0.3, -0.25) is 0 Å². The molecule has 0 bridgehead atoms. The molecular formula is C7H14ClN3O2S2. The number of nitrogens with two attached hydrogens (primary N) is 1. The van der Waals surface area contributed by atoms with Crippen molar-refractivity contribution in [2.75, 3.05) is 13.1 Å². The molecule has 8 heteroatoms. The summed E-state index contributed by atoms with van der Waals surface area (Å²) >= 11 is 1.17. The zero-order chi connectivity index (χ0) is 10.8. The highest BCUT2D eigenvalue weighted by Gasteiger charge is 2.18. The highest BCUT2D eigenvalue weighted by molar-refractivity contribution is 7.91. The van der Waals surface area contributed by atoms with Crippen LogP contribution in [0.25, 0.3) is 0 Å². The third-order valence-corrected chi connectivity index (χ3v) is 4.59. The lowest BCUT2D eigenvalue weighted by molar-refractivity contribution is 0.581. The Morgan fingerprint density at radius 3 is 2.47 bits per heavy atom. The fraction of sp³-hybridized carbons (Fsp3) is 0.571. The second-order valence-electron chi connectivity index (χ2n) is 2.81. The van der Waals surface area contributed by atoms with Gasteiger partial charge in [-0.25, -0.2) is 18.1 Å². The summed E-state index contributed by atoms with van der Waals surface area (Å²) in [4.78, 5) is 4.88. The molecule has 3 N–H and O–H groups in total. The Hall–Kier alpha value is -0.210. The molecule has 15 heavy (non-hydrogen) atoms. The fourth-order valence-electron chi connectivity index (χ4n) is 0.813. The van der Waals surface area contributed by atoms with E-state index in [4.69, 9.17) is 5.73 Å². The number of halogens is 1. The van der Waals surface area contributed by atoms with E-state index < -0.39 is 10.0 Å². The number of nitrogens with one attached hydrogen (secondary N) is 1. The standard InChI is InChI=1S/C7H13N3O2S2.ClH/c1-5-6(2)13-7(10-5)14(11,12)9-4-3-8;/h9H,3-4,8H2,1-2H3;1H. The van der Waals surface area contributed by atoms with Crippen molar-refractivity contribution in [1.82, 2.24) is 9.71 Å². The number of sulfonamides is 1. The molecule has 1 aromatic rings. The minimum absolute atomic E-state index is 0. The van der Waals surface area contributed by atoms with Gasteiger partial charge in [0.15, 0.2) is 0 Å². The van der Waals surface area contributed by atoms with Gasteiger partial charge in [-0.15, -0.1) is 23.7 Å². The summed E-state index contributed by atoms with van der Waals surface area (Å²) < 4.78 is 25.5. The van der Waals surface area contributed by atoms with Gasteiger partial charge in [-0.2, -0.15) is 0 Å². The predicted octanol–water partition coefficient (Wildman–Crippen LogP) is 0.419. The van der Waals surface area contributed by atoms with Crippen molar-refractivity contribution in [3.05, 3.63) is 10.6 Å². The molecule has 0 radical (unpaired) electrons. The molecule has 1 rings (SSSR count). The molecule has 0 amide bonds. The Labute approximate surface area is 99.6 Å². The number of nitrogens with zero attached hydrogens (tertiary/aromatic N) is 1. The molecule has 0 atom stereocenters. The van der Waals surface area contributed by atoms with E-state index in [2.05, 4.69) is 9.71 Å². The monoisotopic (exact) mass is 271 g/mol. The van der Waals surface area contributed by atoms with Crippen LogP contribution in [-0.2, 0) is 10.0 Å². The molecule has 1 heterocycles. The number of rotatable bonds is 4. The molecule has 5 nitrogen and oxygen atoms in total. The van der Waals surface area contributed by atoms with E-state index >= 15 is 0 Å². The Morgan fingerprint density at radius 1 is 1.47 bits per heavy atom. The lowest BCUT2D eigenvalue weighted by atomic mass is 10.4. The van der Waals surface area contributed by atoms with Crippen molar-refractivity contribution < 1.29 is 8.42 Å².